The second-order valence-electron chi connectivity index (χ2n) is 10.1. The lowest BCUT2D eigenvalue weighted by Gasteiger charge is -2.56. The molecule has 2 bridgehead atoms. The van der Waals surface area contributed by atoms with Crippen LogP contribution in [0.5, 0.6) is 11.5 Å². The number of imidazole rings is 1. The van der Waals surface area contributed by atoms with Crippen molar-refractivity contribution < 1.29 is 13.9 Å². The SMILES string of the molecule is C=CC(=O)N1C2CC1CN(c1ccc3ncnc(Nc4ccc(Oc5ccc6c(c5)ncn6C)c(Cl)c4F)c3n1)C2. The molecule has 3 fully saturated rings. The number of rotatable bonds is 6. The number of ether oxygens (including phenoxy) is 1. The van der Waals surface area contributed by atoms with E-state index in [2.05, 4.69) is 31.7 Å². The summed E-state index contributed by atoms with van der Waals surface area (Å²) >= 11 is 6.40. The molecule has 206 valence electrons. The van der Waals surface area contributed by atoms with Crippen LogP contribution < -0.4 is 15.0 Å². The van der Waals surface area contributed by atoms with Crippen LogP contribution >= 0.6 is 11.6 Å². The van der Waals surface area contributed by atoms with Crippen molar-refractivity contribution in [1.29, 1.82) is 0 Å². The van der Waals surface area contributed by atoms with Gasteiger partial charge in [-0.2, -0.15) is 0 Å². The molecule has 0 spiro atoms. The van der Waals surface area contributed by atoms with Crippen LogP contribution in [0.2, 0.25) is 5.02 Å². The zero-order valence-corrected chi connectivity index (χ0v) is 22.7. The third kappa shape index (κ3) is 4.29. The van der Waals surface area contributed by atoms with Gasteiger partial charge in [0.2, 0.25) is 5.91 Å². The zero-order valence-electron chi connectivity index (χ0n) is 22.0. The average Bonchev–Trinajstić information content (AvgIpc) is 3.36. The number of hydrogen-bond acceptors (Lipinski definition) is 8. The van der Waals surface area contributed by atoms with Crippen molar-refractivity contribution in [1.82, 2.24) is 29.4 Å². The van der Waals surface area contributed by atoms with Gasteiger partial charge in [0.15, 0.2) is 11.6 Å². The number of nitrogens with zero attached hydrogens (tertiary/aromatic N) is 7. The first kappa shape index (κ1) is 25.2. The van der Waals surface area contributed by atoms with Crippen molar-refractivity contribution in [3.05, 3.63) is 78.6 Å². The summed E-state index contributed by atoms with van der Waals surface area (Å²) in [5.41, 5.74) is 2.92. The van der Waals surface area contributed by atoms with Crippen LogP contribution in [0, 0.1) is 5.82 Å². The van der Waals surface area contributed by atoms with Gasteiger partial charge in [0.05, 0.1) is 40.6 Å². The molecule has 12 heteroatoms. The molecule has 6 heterocycles. The number of pyridine rings is 1. The number of aryl methyl sites for hydroxylation is 1. The van der Waals surface area contributed by atoms with Gasteiger partial charge in [0, 0.05) is 26.2 Å². The summed E-state index contributed by atoms with van der Waals surface area (Å²) in [6, 6.07) is 12.6. The highest BCUT2D eigenvalue weighted by Gasteiger charge is 2.46. The maximum absolute atomic E-state index is 15.5. The molecule has 2 aromatic carbocycles. The van der Waals surface area contributed by atoms with Crippen LogP contribution in [0.1, 0.15) is 6.42 Å². The molecule has 1 amide bonds. The van der Waals surface area contributed by atoms with Gasteiger partial charge in [-0.25, -0.2) is 24.3 Å². The van der Waals surface area contributed by atoms with E-state index < -0.39 is 5.82 Å². The van der Waals surface area contributed by atoms with E-state index >= 15 is 4.39 Å². The Labute approximate surface area is 239 Å². The predicted molar refractivity (Wildman–Crippen MR) is 154 cm³/mol. The number of carbonyl (C=O) groups is 1. The maximum Gasteiger partial charge on any atom is 0.246 e. The summed E-state index contributed by atoms with van der Waals surface area (Å²) < 4.78 is 23.2. The maximum atomic E-state index is 15.5. The van der Waals surface area contributed by atoms with Crippen molar-refractivity contribution in [2.45, 2.75) is 18.5 Å². The Balaban J connectivity index is 1.13. The highest BCUT2D eigenvalue weighted by Crippen LogP contribution is 2.38. The first-order valence-electron chi connectivity index (χ1n) is 13.0. The number of carbonyl (C=O) groups excluding carboxylic acids is 1. The Morgan fingerprint density at radius 3 is 2.76 bits per heavy atom. The lowest BCUT2D eigenvalue weighted by Crippen LogP contribution is -2.70. The number of piperidine rings is 1. The van der Waals surface area contributed by atoms with Gasteiger partial charge >= 0.3 is 0 Å². The fourth-order valence-corrected chi connectivity index (χ4v) is 5.80. The molecule has 3 saturated heterocycles. The van der Waals surface area contributed by atoms with E-state index in [4.69, 9.17) is 21.3 Å². The topological polar surface area (TPSA) is 101 Å². The highest BCUT2D eigenvalue weighted by atomic mass is 35.5. The predicted octanol–water partition coefficient (Wildman–Crippen LogP) is 5.22. The third-order valence-electron chi connectivity index (χ3n) is 7.64. The van der Waals surface area contributed by atoms with Crippen LogP contribution in [-0.4, -0.2) is 60.5 Å². The molecule has 0 radical (unpaired) electrons. The van der Waals surface area contributed by atoms with Gasteiger partial charge in [0.25, 0.3) is 0 Å². The fourth-order valence-electron chi connectivity index (χ4n) is 5.60. The zero-order chi connectivity index (χ0) is 28.2. The fraction of sp³-hybridized carbons (Fsp3) is 0.207. The second kappa shape index (κ2) is 9.70. The molecule has 3 aliphatic heterocycles. The Hall–Kier alpha value is -4.77. The van der Waals surface area contributed by atoms with E-state index in [1.54, 1.807) is 24.5 Å². The van der Waals surface area contributed by atoms with E-state index in [0.29, 0.717) is 35.7 Å². The molecule has 5 aromatic rings. The summed E-state index contributed by atoms with van der Waals surface area (Å²) in [7, 11) is 1.90. The molecule has 2 atom stereocenters. The van der Waals surface area contributed by atoms with Crippen LogP contribution in [0.15, 0.2) is 67.8 Å². The van der Waals surface area contributed by atoms with Crippen LogP contribution in [0.3, 0.4) is 0 Å². The molecule has 3 aromatic heterocycles. The Morgan fingerprint density at radius 1 is 1.12 bits per heavy atom. The molecule has 3 aliphatic rings. The quantitative estimate of drug-likeness (QED) is 0.277. The molecule has 8 rings (SSSR count). The minimum absolute atomic E-state index is 0.0383. The number of nitrogens with one attached hydrogen (secondary N) is 1. The number of piperazine rings is 1. The van der Waals surface area contributed by atoms with Gasteiger partial charge in [-0.05, 0) is 48.9 Å². The minimum atomic E-state index is -0.686. The van der Waals surface area contributed by atoms with Crippen molar-refractivity contribution in [2.75, 3.05) is 23.3 Å². The lowest BCUT2D eigenvalue weighted by atomic mass is 9.87. The second-order valence-corrected chi connectivity index (χ2v) is 10.5. The van der Waals surface area contributed by atoms with Crippen molar-refractivity contribution in [2.24, 2.45) is 7.05 Å². The summed E-state index contributed by atoms with van der Waals surface area (Å²) in [5, 5.41) is 2.86. The summed E-state index contributed by atoms with van der Waals surface area (Å²) in [6.07, 6.45) is 5.44. The van der Waals surface area contributed by atoms with Crippen LogP contribution in [0.25, 0.3) is 22.1 Å². The standard InChI is InChI=1S/C29H24ClFN8O2/c1-3-25(40)39-16-10-17(39)13-38(12-16)24-9-6-20-28(36-24)29(33-14-32-20)35-19-5-8-23(26(30)27(19)31)41-18-4-7-22-21(11-18)34-15-37(22)2/h3-9,11,14-17H,1,10,12-13H2,2H3,(H,32,33,35). The first-order valence-corrected chi connectivity index (χ1v) is 13.4. The van der Waals surface area contributed by atoms with Crippen molar-refractivity contribution in [3.63, 3.8) is 0 Å². The lowest BCUT2D eigenvalue weighted by molar-refractivity contribution is -0.140. The first-order chi connectivity index (χ1) is 19.9. The molecule has 10 nitrogen and oxygen atoms in total. The number of hydrogen-bond donors (Lipinski definition) is 1. The van der Waals surface area contributed by atoms with Gasteiger partial charge in [-0.1, -0.05) is 18.2 Å². The molecule has 0 aliphatic carbocycles. The van der Waals surface area contributed by atoms with E-state index in [0.717, 1.165) is 23.3 Å². The Bertz CT molecular complexity index is 1850. The normalized spacial score (nSPS) is 17.9. The number of halogens is 2. The molecule has 0 saturated carbocycles. The Kier molecular flexibility index (Phi) is 5.97. The minimum Gasteiger partial charge on any atom is -0.456 e. The monoisotopic (exact) mass is 570 g/mol. The number of amides is 1. The van der Waals surface area contributed by atoms with E-state index in [-0.39, 0.29) is 34.5 Å². The molecular formula is C29H24ClFN8O2. The Morgan fingerprint density at radius 2 is 1.95 bits per heavy atom. The van der Waals surface area contributed by atoms with Gasteiger partial charge in [0.1, 0.15) is 34.2 Å². The van der Waals surface area contributed by atoms with Crippen molar-refractivity contribution in [3.8, 4) is 11.5 Å². The number of fused-ring (bicyclic) bond motifs is 4. The van der Waals surface area contributed by atoms with Crippen LogP contribution in [-0.2, 0) is 11.8 Å². The summed E-state index contributed by atoms with van der Waals surface area (Å²) in [6.45, 7) is 4.95. The molecule has 41 heavy (non-hydrogen) atoms. The number of aromatic nitrogens is 5. The number of anilines is 3. The summed E-state index contributed by atoms with van der Waals surface area (Å²) in [5.74, 6) is 1.02. The van der Waals surface area contributed by atoms with Gasteiger partial charge < -0.3 is 24.4 Å². The van der Waals surface area contributed by atoms with E-state index in [9.17, 15) is 4.79 Å². The third-order valence-corrected chi connectivity index (χ3v) is 7.99. The van der Waals surface area contributed by atoms with E-state index in [1.807, 2.05) is 34.7 Å². The molecular weight excluding hydrogens is 547 g/mol. The largest absolute Gasteiger partial charge is 0.456 e. The highest BCUT2D eigenvalue weighted by molar-refractivity contribution is 6.32. The van der Waals surface area contributed by atoms with E-state index in [1.165, 1.54) is 18.5 Å². The average molecular weight is 571 g/mol. The van der Waals surface area contributed by atoms with Crippen LogP contribution in [0.4, 0.5) is 21.7 Å². The number of benzene rings is 2. The van der Waals surface area contributed by atoms with Gasteiger partial charge in [-0.15, -0.1) is 0 Å². The van der Waals surface area contributed by atoms with Crippen molar-refractivity contribution >= 4 is 56.9 Å². The molecule has 2 unspecified atom stereocenters. The van der Waals surface area contributed by atoms with Gasteiger partial charge in [-0.3, -0.25) is 4.79 Å². The summed E-state index contributed by atoms with van der Waals surface area (Å²) in [4.78, 5) is 34.0. The smallest absolute Gasteiger partial charge is 0.246 e. The molecule has 1 N–H and O–H groups in total.